The highest BCUT2D eigenvalue weighted by molar-refractivity contribution is 5.23. The summed E-state index contributed by atoms with van der Waals surface area (Å²) in [5.41, 5.74) is 1.18. The van der Waals surface area contributed by atoms with Crippen molar-refractivity contribution in [2.45, 2.75) is 72.5 Å². The van der Waals surface area contributed by atoms with Crippen molar-refractivity contribution in [3.63, 3.8) is 0 Å². The van der Waals surface area contributed by atoms with Gasteiger partial charge in [0.2, 0.25) is 0 Å². The Labute approximate surface area is 137 Å². The van der Waals surface area contributed by atoms with Crippen molar-refractivity contribution >= 4 is 0 Å². The average molecular weight is 308 g/mol. The molecule has 3 heteroatoms. The van der Waals surface area contributed by atoms with Crippen LogP contribution >= 0.6 is 0 Å². The smallest absolute Gasteiger partial charge is 0.0198 e. The van der Waals surface area contributed by atoms with E-state index in [2.05, 4.69) is 63.6 Å². The molecular formula is C19H37N3. The van der Waals surface area contributed by atoms with E-state index in [0.717, 1.165) is 25.0 Å². The Kier molecular flexibility index (Phi) is 3.95. The summed E-state index contributed by atoms with van der Waals surface area (Å²) in [6.45, 7) is 23.2. The molecule has 0 aromatic rings. The van der Waals surface area contributed by atoms with Gasteiger partial charge >= 0.3 is 0 Å². The summed E-state index contributed by atoms with van der Waals surface area (Å²) in [6, 6.07) is 1.51. The van der Waals surface area contributed by atoms with Crippen LogP contribution in [0.4, 0.5) is 0 Å². The van der Waals surface area contributed by atoms with Crippen molar-refractivity contribution in [2.75, 3.05) is 32.7 Å². The molecule has 3 nitrogen and oxygen atoms in total. The van der Waals surface area contributed by atoms with Gasteiger partial charge in [-0.1, -0.05) is 27.7 Å². The number of piperazine rings is 1. The minimum Gasteiger partial charge on any atom is -0.314 e. The normalized spacial score (nSPS) is 40.8. The molecule has 1 N–H and O–H groups in total. The summed E-state index contributed by atoms with van der Waals surface area (Å²) < 4.78 is 0. The molecule has 3 rings (SSSR count). The van der Waals surface area contributed by atoms with E-state index in [1.165, 1.54) is 26.1 Å². The summed E-state index contributed by atoms with van der Waals surface area (Å²) in [5, 5.41) is 3.49. The van der Waals surface area contributed by atoms with Crippen LogP contribution in [0.2, 0.25) is 0 Å². The number of fused-ring (bicyclic) bond motifs is 1. The molecule has 2 heterocycles. The predicted octanol–water partition coefficient (Wildman–Crippen LogP) is 2.82. The average Bonchev–Trinajstić information content (AvgIpc) is 2.97. The maximum atomic E-state index is 3.49. The van der Waals surface area contributed by atoms with Crippen LogP contribution in [-0.2, 0) is 0 Å². The fourth-order valence-electron chi connectivity index (χ4n) is 5.31. The van der Waals surface area contributed by atoms with Crippen molar-refractivity contribution in [1.29, 1.82) is 0 Å². The van der Waals surface area contributed by atoms with Gasteiger partial charge in [-0.3, -0.25) is 4.90 Å². The van der Waals surface area contributed by atoms with Gasteiger partial charge in [0.1, 0.15) is 0 Å². The Morgan fingerprint density at radius 3 is 2.14 bits per heavy atom. The van der Waals surface area contributed by atoms with Crippen LogP contribution in [0, 0.1) is 16.7 Å². The van der Waals surface area contributed by atoms with Gasteiger partial charge < -0.3 is 10.2 Å². The number of nitrogens with zero attached hydrogens (tertiary/aromatic N) is 2. The molecule has 4 atom stereocenters. The third kappa shape index (κ3) is 2.74. The third-order valence-corrected chi connectivity index (χ3v) is 6.42. The number of hydrogen-bond acceptors (Lipinski definition) is 3. The first-order valence-corrected chi connectivity index (χ1v) is 9.27. The van der Waals surface area contributed by atoms with Crippen LogP contribution in [0.5, 0.6) is 0 Å². The lowest BCUT2D eigenvalue weighted by atomic mass is 9.73. The van der Waals surface area contributed by atoms with Gasteiger partial charge in [0, 0.05) is 50.3 Å². The molecule has 0 aromatic heterocycles. The second-order valence-electron chi connectivity index (χ2n) is 10.3. The van der Waals surface area contributed by atoms with Gasteiger partial charge in [0.05, 0.1) is 0 Å². The van der Waals surface area contributed by atoms with Gasteiger partial charge in [0.25, 0.3) is 0 Å². The van der Waals surface area contributed by atoms with Gasteiger partial charge in [0.15, 0.2) is 0 Å². The Morgan fingerprint density at radius 2 is 1.64 bits per heavy atom. The van der Waals surface area contributed by atoms with E-state index in [9.17, 15) is 0 Å². The summed E-state index contributed by atoms with van der Waals surface area (Å²) in [6.07, 6.45) is 1.41. The maximum Gasteiger partial charge on any atom is 0.0198 e. The van der Waals surface area contributed by atoms with Gasteiger partial charge in [-0.2, -0.15) is 0 Å². The van der Waals surface area contributed by atoms with E-state index in [0.29, 0.717) is 16.9 Å². The second kappa shape index (κ2) is 5.19. The Balaban J connectivity index is 1.86. The molecule has 128 valence electrons. The lowest BCUT2D eigenvalue weighted by Crippen LogP contribution is -2.56. The van der Waals surface area contributed by atoms with E-state index < -0.39 is 0 Å². The molecule has 1 unspecified atom stereocenters. The van der Waals surface area contributed by atoms with Crippen molar-refractivity contribution in [3.8, 4) is 0 Å². The van der Waals surface area contributed by atoms with Crippen LogP contribution in [0.15, 0.2) is 0 Å². The molecule has 22 heavy (non-hydrogen) atoms. The fourth-order valence-corrected chi connectivity index (χ4v) is 5.31. The topological polar surface area (TPSA) is 18.5 Å². The first-order valence-electron chi connectivity index (χ1n) is 9.27. The molecule has 1 saturated carbocycles. The number of hydrogen-bond donors (Lipinski definition) is 1. The van der Waals surface area contributed by atoms with Gasteiger partial charge in [-0.05, 0) is 43.9 Å². The molecule has 0 spiro atoms. The van der Waals surface area contributed by atoms with Crippen LogP contribution in [0.25, 0.3) is 0 Å². The van der Waals surface area contributed by atoms with Gasteiger partial charge in [-0.15, -0.1) is 0 Å². The van der Waals surface area contributed by atoms with E-state index in [1.54, 1.807) is 0 Å². The Hall–Kier alpha value is -0.120. The number of rotatable bonds is 2. The molecule has 1 aliphatic carbocycles. The lowest BCUT2D eigenvalue weighted by Gasteiger charge is -2.48. The first kappa shape index (κ1) is 16.7. The minimum absolute atomic E-state index is 0.276. The molecule has 3 aliphatic rings. The summed E-state index contributed by atoms with van der Waals surface area (Å²) in [5.74, 6) is 0.815. The highest BCUT2D eigenvalue weighted by Crippen LogP contribution is 2.66. The van der Waals surface area contributed by atoms with Crippen molar-refractivity contribution < 1.29 is 0 Å². The fraction of sp³-hybridized carbons (Fsp3) is 1.00. The second-order valence-corrected chi connectivity index (χ2v) is 10.3. The zero-order chi connectivity index (χ0) is 16.3. The highest BCUT2D eigenvalue weighted by Gasteiger charge is 2.70. The molecule has 0 radical (unpaired) electrons. The van der Waals surface area contributed by atoms with E-state index in [-0.39, 0.29) is 5.54 Å². The highest BCUT2D eigenvalue weighted by atomic mass is 15.3. The molecule has 2 aliphatic heterocycles. The SMILES string of the molecule is CC(C)(C)[C@@H]1C(CN2CCNCC2)[C@@]2(C)C[C@H]2N1C(C)(C)C. The van der Waals surface area contributed by atoms with Crippen molar-refractivity contribution in [3.05, 3.63) is 0 Å². The third-order valence-electron chi connectivity index (χ3n) is 6.42. The summed E-state index contributed by atoms with van der Waals surface area (Å²) >= 11 is 0. The maximum absolute atomic E-state index is 3.49. The van der Waals surface area contributed by atoms with E-state index in [1.807, 2.05) is 0 Å². The molecule has 2 saturated heterocycles. The Bertz CT molecular complexity index is 413. The zero-order valence-corrected chi connectivity index (χ0v) is 15.9. The monoisotopic (exact) mass is 307 g/mol. The van der Waals surface area contributed by atoms with Crippen LogP contribution in [0.3, 0.4) is 0 Å². The Morgan fingerprint density at radius 1 is 1.05 bits per heavy atom. The number of likely N-dealkylation sites (tertiary alicyclic amines) is 1. The van der Waals surface area contributed by atoms with E-state index >= 15 is 0 Å². The summed E-state index contributed by atoms with van der Waals surface area (Å²) in [4.78, 5) is 5.60. The minimum atomic E-state index is 0.276. The molecule has 0 bridgehead atoms. The lowest BCUT2D eigenvalue weighted by molar-refractivity contribution is 0.00273. The predicted molar refractivity (Wildman–Crippen MR) is 94.1 cm³/mol. The zero-order valence-electron chi connectivity index (χ0n) is 15.9. The standard InChI is InChI=1S/C19H37N3/c1-17(2,3)16-14(13-21-10-8-20-9-11-21)19(7)12-15(19)22(16)18(4,5)6/h14-16,20H,8-13H2,1-7H3/t14?,15-,16+,19-/m1/s1. The van der Waals surface area contributed by atoms with Crippen LogP contribution in [0.1, 0.15) is 54.9 Å². The van der Waals surface area contributed by atoms with Crippen LogP contribution < -0.4 is 5.32 Å². The van der Waals surface area contributed by atoms with Crippen LogP contribution in [-0.4, -0.2) is 60.1 Å². The first-order chi connectivity index (χ1) is 10.0. The number of nitrogens with one attached hydrogen (secondary N) is 1. The largest absolute Gasteiger partial charge is 0.314 e. The quantitative estimate of drug-likeness (QED) is 0.846. The number of piperidine rings is 1. The summed E-state index contributed by atoms with van der Waals surface area (Å²) in [7, 11) is 0. The molecule has 3 fully saturated rings. The molecule has 0 aromatic carbocycles. The van der Waals surface area contributed by atoms with Crippen molar-refractivity contribution in [2.24, 2.45) is 16.7 Å². The van der Waals surface area contributed by atoms with Crippen molar-refractivity contribution in [1.82, 2.24) is 15.1 Å². The van der Waals surface area contributed by atoms with Gasteiger partial charge in [-0.25, -0.2) is 0 Å². The molecular weight excluding hydrogens is 270 g/mol. The van der Waals surface area contributed by atoms with E-state index in [4.69, 9.17) is 0 Å². The molecule has 0 amide bonds.